The molecule has 280 valence electrons. The molecule has 0 spiro atoms. The number of rotatable bonds is 12. The Morgan fingerprint density at radius 2 is 0.927 bits per heavy atom. The highest BCUT2D eigenvalue weighted by Gasteiger charge is 2.58. The second-order valence-corrected chi connectivity index (χ2v) is 16.4. The number of hydrogen-bond donors (Lipinski definition) is 3. The summed E-state index contributed by atoms with van der Waals surface area (Å²) in [5.74, 6) is 2.29. The number of nitrogens with one attached hydrogen (secondary N) is 2. The van der Waals surface area contributed by atoms with E-state index in [4.69, 9.17) is 5.73 Å². The average Bonchev–Trinajstić information content (AvgIpc) is 4.13. The summed E-state index contributed by atoms with van der Waals surface area (Å²) >= 11 is 3.58. The van der Waals surface area contributed by atoms with Crippen molar-refractivity contribution in [3.8, 4) is 0 Å². The first-order chi connectivity index (χ1) is 26.3. The Morgan fingerprint density at radius 1 is 0.545 bits per heavy atom. The lowest BCUT2D eigenvalue weighted by Gasteiger charge is -2.13. The van der Waals surface area contributed by atoms with E-state index in [1.54, 1.807) is 23.5 Å². The predicted octanol–water partition coefficient (Wildman–Crippen LogP) is 11.3. The number of anilines is 2. The number of nitrogens with two attached hydrogens (primary N) is 1. The minimum absolute atomic E-state index is 0. The number of carbonyl (C=O) groups excluding carboxylic acids is 2. The molecule has 5 nitrogen and oxygen atoms in total. The van der Waals surface area contributed by atoms with Crippen LogP contribution in [0.25, 0.3) is 0 Å². The van der Waals surface area contributed by atoms with Crippen LogP contribution < -0.4 is 16.4 Å². The average molecular weight is 784 g/mol. The van der Waals surface area contributed by atoms with Crippen LogP contribution in [-0.4, -0.2) is 17.4 Å². The summed E-state index contributed by atoms with van der Waals surface area (Å²) in [4.78, 5) is 27.8. The van der Waals surface area contributed by atoms with Crippen LogP contribution in [0.5, 0.6) is 0 Å². The van der Waals surface area contributed by atoms with Gasteiger partial charge in [-0.1, -0.05) is 128 Å². The molecule has 8 heteroatoms. The molecule has 2 aliphatic carbocycles. The van der Waals surface area contributed by atoms with Gasteiger partial charge in [-0.2, -0.15) is 0 Å². The van der Waals surface area contributed by atoms with Crippen LogP contribution in [0.1, 0.15) is 53.9 Å². The van der Waals surface area contributed by atoms with Crippen molar-refractivity contribution in [3.63, 3.8) is 0 Å². The summed E-state index contributed by atoms with van der Waals surface area (Å²) in [6.07, 6.45) is 1.60. The van der Waals surface area contributed by atoms with Gasteiger partial charge >= 0.3 is 0 Å². The summed E-state index contributed by atoms with van der Waals surface area (Å²) in [6.45, 7) is 2.06. The first kappa shape index (κ1) is 39.9. The number of benzene rings is 6. The molecule has 55 heavy (non-hydrogen) atoms. The first-order valence-corrected chi connectivity index (χ1v) is 20.3. The van der Waals surface area contributed by atoms with Crippen LogP contribution >= 0.6 is 35.9 Å². The molecule has 2 aliphatic rings. The maximum atomic E-state index is 12.8. The van der Waals surface area contributed by atoms with E-state index >= 15 is 0 Å². The fraction of sp³-hybridized carbons (Fsp3) is 0.191. The van der Waals surface area contributed by atoms with E-state index in [2.05, 4.69) is 90.4 Å². The molecule has 0 aromatic heterocycles. The molecule has 4 unspecified atom stereocenters. The molecule has 6 aromatic rings. The highest BCUT2D eigenvalue weighted by molar-refractivity contribution is 7.98. The van der Waals surface area contributed by atoms with E-state index in [0.717, 1.165) is 34.9 Å². The van der Waals surface area contributed by atoms with E-state index in [1.807, 2.05) is 97.1 Å². The lowest BCUT2D eigenvalue weighted by molar-refractivity contribution is -0.120. The molecule has 2 fully saturated rings. The molecular formula is C47H46ClN3O2S2. The van der Waals surface area contributed by atoms with Gasteiger partial charge in [0.2, 0.25) is 11.8 Å². The van der Waals surface area contributed by atoms with Crippen molar-refractivity contribution in [2.24, 2.45) is 11.1 Å². The third kappa shape index (κ3) is 10.3. The van der Waals surface area contributed by atoms with Gasteiger partial charge in [-0.15, -0.1) is 35.9 Å². The van der Waals surface area contributed by atoms with Crippen molar-refractivity contribution >= 4 is 59.1 Å². The highest BCUT2D eigenvalue weighted by Crippen LogP contribution is 2.59. The van der Waals surface area contributed by atoms with Gasteiger partial charge in [0.25, 0.3) is 0 Å². The van der Waals surface area contributed by atoms with Gasteiger partial charge in [0, 0.05) is 38.6 Å². The zero-order valence-corrected chi connectivity index (χ0v) is 33.2. The number of carbonyl (C=O) groups is 2. The normalized spacial score (nSPS) is 20.5. The van der Waals surface area contributed by atoms with Crippen molar-refractivity contribution in [1.29, 1.82) is 0 Å². The van der Waals surface area contributed by atoms with E-state index in [1.165, 1.54) is 26.5 Å². The summed E-state index contributed by atoms with van der Waals surface area (Å²) in [5.41, 5.74) is 11.9. The van der Waals surface area contributed by atoms with Gasteiger partial charge in [0.1, 0.15) is 5.54 Å². The summed E-state index contributed by atoms with van der Waals surface area (Å²) in [7, 11) is 0. The number of thioether (sulfide) groups is 2. The summed E-state index contributed by atoms with van der Waals surface area (Å²) < 4.78 is 0. The first-order valence-electron chi connectivity index (χ1n) is 18.4. The Balaban J connectivity index is 0.000000184. The zero-order valence-electron chi connectivity index (χ0n) is 30.8. The Labute approximate surface area is 339 Å². The number of hydrogen-bond acceptors (Lipinski definition) is 5. The SMILES string of the molecule is CC1(C(=O)Nc2ccc(SCc3ccccc3)cc2)CC1c1ccccc1.Cl.NC1(C(=O)Nc2ccc(SCc3ccccc3)cc2)CC1c1ccccc1. The molecule has 2 amide bonds. The quantitative estimate of drug-likeness (QED) is 0.108. The Bertz CT molecular complexity index is 1980. The smallest absolute Gasteiger partial charge is 0.245 e. The van der Waals surface area contributed by atoms with E-state index in [-0.39, 0.29) is 35.6 Å². The van der Waals surface area contributed by atoms with Gasteiger partial charge in [-0.05, 0) is 89.5 Å². The lowest BCUT2D eigenvalue weighted by Crippen LogP contribution is -2.39. The van der Waals surface area contributed by atoms with Gasteiger partial charge < -0.3 is 16.4 Å². The maximum Gasteiger partial charge on any atom is 0.245 e. The monoisotopic (exact) mass is 783 g/mol. The standard InChI is InChI=1S/C24H23NOS.C23H22N2OS.ClH/c1-24(16-22(24)19-10-6-3-7-11-19)23(26)25-20-12-14-21(15-13-20)27-17-18-8-4-2-5-9-18;24-23(15-21(23)18-9-5-2-6-10-18)22(26)25-19-11-13-20(14-12-19)27-16-17-7-3-1-4-8-17;/h2-15,22H,16-17H2,1H3,(H,25,26);1-14,21H,15-16,24H2,(H,25,26);1H. The number of halogens is 1. The van der Waals surface area contributed by atoms with Gasteiger partial charge in [0.05, 0.1) is 5.41 Å². The summed E-state index contributed by atoms with van der Waals surface area (Å²) in [5, 5.41) is 6.07. The molecule has 4 N–H and O–H groups in total. The van der Waals surface area contributed by atoms with Crippen LogP contribution in [-0.2, 0) is 21.1 Å². The minimum atomic E-state index is -0.803. The Morgan fingerprint density at radius 3 is 1.36 bits per heavy atom. The van der Waals surface area contributed by atoms with Crippen molar-refractivity contribution in [1.82, 2.24) is 0 Å². The van der Waals surface area contributed by atoms with Crippen molar-refractivity contribution < 1.29 is 9.59 Å². The van der Waals surface area contributed by atoms with E-state index in [9.17, 15) is 9.59 Å². The van der Waals surface area contributed by atoms with Crippen LogP contribution in [0.3, 0.4) is 0 Å². The lowest BCUT2D eigenvalue weighted by atomic mass is 10.00. The molecule has 0 heterocycles. The molecule has 6 aromatic carbocycles. The van der Waals surface area contributed by atoms with Crippen molar-refractivity contribution in [2.75, 3.05) is 10.6 Å². The third-order valence-electron chi connectivity index (χ3n) is 10.3. The molecular weight excluding hydrogens is 738 g/mol. The van der Waals surface area contributed by atoms with E-state index < -0.39 is 5.54 Å². The molecule has 0 aliphatic heterocycles. The Kier molecular flexibility index (Phi) is 13.2. The predicted molar refractivity (Wildman–Crippen MR) is 232 cm³/mol. The van der Waals surface area contributed by atoms with Crippen LogP contribution in [0, 0.1) is 5.41 Å². The van der Waals surface area contributed by atoms with Crippen molar-refractivity contribution in [2.45, 2.75) is 58.4 Å². The minimum Gasteiger partial charge on any atom is -0.326 e. The second kappa shape index (κ2) is 18.2. The second-order valence-electron chi connectivity index (χ2n) is 14.3. The van der Waals surface area contributed by atoms with E-state index in [0.29, 0.717) is 12.3 Å². The molecule has 0 radical (unpaired) electrons. The molecule has 8 rings (SSSR count). The molecule has 4 atom stereocenters. The molecule has 0 saturated heterocycles. The van der Waals surface area contributed by atoms with Crippen LogP contribution in [0.4, 0.5) is 11.4 Å². The Hall–Kier alpha value is -4.79. The highest BCUT2D eigenvalue weighted by atomic mass is 35.5. The summed E-state index contributed by atoms with van der Waals surface area (Å²) in [6, 6.07) is 57.2. The number of amides is 2. The van der Waals surface area contributed by atoms with Crippen LogP contribution in [0.2, 0.25) is 0 Å². The van der Waals surface area contributed by atoms with Crippen molar-refractivity contribution in [3.05, 3.63) is 192 Å². The van der Waals surface area contributed by atoms with Crippen LogP contribution in [0.15, 0.2) is 180 Å². The van der Waals surface area contributed by atoms with Gasteiger partial charge in [-0.25, -0.2) is 0 Å². The fourth-order valence-corrected chi connectivity index (χ4v) is 8.40. The molecule has 2 saturated carbocycles. The van der Waals surface area contributed by atoms with Gasteiger partial charge in [-0.3, -0.25) is 9.59 Å². The fourth-order valence-electron chi connectivity index (χ4n) is 6.69. The largest absolute Gasteiger partial charge is 0.326 e. The third-order valence-corrected chi connectivity index (χ3v) is 12.5. The molecule has 0 bridgehead atoms. The topological polar surface area (TPSA) is 84.2 Å². The van der Waals surface area contributed by atoms with Gasteiger partial charge in [0.15, 0.2) is 0 Å². The maximum absolute atomic E-state index is 12.8. The zero-order chi connectivity index (χ0) is 37.4.